The van der Waals surface area contributed by atoms with Crippen LogP contribution in [0, 0.1) is 11.3 Å². The van der Waals surface area contributed by atoms with Crippen LogP contribution < -0.4 is 0 Å². The Hall–Kier alpha value is -1.38. The summed E-state index contributed by atoms with van der Waals surface area (Å²) < 4.78 is 7.37. The van der Waals surface area contributed by atoms with Gasteiger partial charge in [-0.15, -0.1) is 0 Å². The molecule has 0 bridgehead atoms. The normalized spacial score (nSPS) is 19.2. The molecule has 0 radical (unpaired) electrons. The number of nitriles is 1. The lowest BCUT2D eigenvalue weighted by Gasteiger charge is -2.31. The Kier molecular flexibility index (Phi) is 3.77. The van der Waals surface area contributed by atoms with Crippen LogP contribution in [-0.2, 0) is 4.74 Å². The smallest absolute Gasteiger partial charge is 0.140 e. The zero-order valence-electron chi connectivity index (χ0n) is 10.3. The number of imidazole rings is 1. The van der Waals surface area contributed by atoms with Crippen LogP contribution in [0.15, 0.2) is 12.5 Å². The second-order valence-electron chi connectivity index (χ2n) is 4.50. The van der Waals surface area contributed by atoms with Crippen molar-refractivity contribution in [1.29, 1.82) is 5.26 Å². The van der Waals surface area contributed by atoms with E-state index in [1.165, 1.54) is 0 Å². The first-order chi connectivity index (χ1) is 8.24. The van der Waals surface area contributed by atoms with E-state index >= 15 is 0 Å². The summed E-state index contributed by atoms with van der Waals surface area (Å²) in [7, 11) is 0. The minimum Gasteiger partial charge on any atom is -0.379 e. The number of nitrogens with zero attached hydrogens (tertiary/aromatic N) is 4. The molecule has 1 unspecified atom stereocenters. The van der Waals surface area contributed by atoms with E-state index in [-0.39, 0.29) is 6.04 Å². The van der Waals surface area contributed by atoms with E-state index in [9.17, 15) is 5.26 Å². The molecule has 1 aliphatic rings. The molecule has 17 heavy (non-hydrogen) atoms. The van der Waals surface area contributed by atoms with Gasteiger partial charge in [0.2, 0.25) is 0 Å². The monoisotopic (exact) mass is 234 g/mol. The molecule has 0 saturated carbocycles. The second kappa shape index (κ2) is 5.30. The fraction of sp³-hybridized carbons (Fsp3) is 0.667. The van der Waals surface area contributed by atoms with Crippen LogP contribution in [0.25, 0.3) is 0 Å². The van der Waals surface area contributed by atoms with Gasteiger partial charge in [-0.2, -0.15) is 5.26 Å². The molecule has 1 atom stereocenters. The molecular formula is C12H18N4O. The van der Waals surface area contributed by atoms with Crippen LogP contribution in [0.3, 0.4) is 0 Å². The molecule has 5 heteroatoms. The molecular weight excluding hydrogens is 216 g/mol. The van der Waals surface area contributed by atoms with Crippen LogP contribution >= 0.6 is 0 Å². The summed E-state index contributed by atoms with van der Waals surface area (Å²) in [5.41, 5.74) is 0.976. The van der Waals surface area contributed by atoms with Crippen LogP contribution in [0.5, 0.6) is 0 Å². The summed E-state index contributed by atoms with van der Waals surface area (Å²) >= 11 is 0. The highest BCUT2D eigenvalue weighted by Gasteiger charge is 2.25. The minimum atomic E-state index is -0.219. The van der Waals surface area contributed by atoms with Crippen molar-refractivity contribution in [1.82, 2.24) is 14.5 Å². The third-order valence-electron chi connectivity index (χ3n) is 3.07. The Balaban J connectivity index is 2.22. The van der Waals surface area contributed by atoms with Gasteiger partial charge < -0.3 is 9.30 Å². The first kappa shape index (κ1) is 12.1. The van der Waals surface area contributed by atoms with Gasteiger partial charge in [-0.25, -0.2) is 4.98 Å². The maximum atomic E-state index is 9.38. The van der Waals surface area contributed by atoms with Crippen molar-refractivity contribution in [2.75, 3.05) is 26.3 Å². The fourth-order valence-corrected chi connectivity index (χ4v) is 2.13. The zero-order valence-corrected chi connectivity index (χ0v) is 10.3. The van der Waals surface area contributed by atoms with Gasteiger partial charge in [0, 0.05) is 19.1 Å². The van der Waals surface area contributed by atoms with E-state index in [1.807, 2.05) is 0 Å². The number of ether oxygens (including phenoxy) is 1. The molecule has 0 aromatic carbocycles. The molecule has 0 aliphatic carbocycles. The molecule has 1 aromatic rings. The standard InChI is InChI=1S/C12H18N4O/c1-10(2)16-9-14-8-12(16)11(7-13)15-3-5-17-6-4-15/h8-11H,3-6H2,1-2H3. The average Bonchev–Trinajstić information content (AvgIpc) is 2.81. The van der Waals surface area contributed by atoms with Gasteiger partial charge >= 0.3 is 0 Å². The van der Waals surface area contributed by atoms with E-state index in [0.29, 0.717) is 19.3 Å². The molecule has 92 valence electrons. The highest BCUT2D eigenvalue weighted by Crippen LogP contribution is 2.23. The molecule has 5 nitrogen and oxygen atoms in total. The molecule has 0 amide bonds. The number of rotatable bonds is 3. The van der Waals surface area contributed by atoms with Crippen LogP contribution in [0.4, 0.5) is 0 Å². The van der Waals surface area contributed by atoms with Crippen molar-refractivity contribution in [3.63, 3.8) is 0 Å². The Bertz CT molecular complexity index is 401. The number of hydrogen-bond donors (Lipinski definition) is 0. The molecule has 1 saturated heterocycles. The van der Waals surface area contributed by atoms with E-state index in [4.69, 9.17) is 4.74 Å². The van der Waals surface area contributed by atoms with Gasteiger partial charge in [0.1, 0.15) is 6.04 Å². The SMILES string of the molecule is CC(C)n1cncc1C(C#N)N1CCOCC1. The topological polar surface area (TPSA) is 54.1 Å². The molecule has 2 heterocycles. The molecule has 0 N–H and O–H groups in total. The van der Waals surface area contributed by atoms with Crippen molar-refractivity contribution in [2.24, 2.45) is 0 Å². The summed E-state index contributed by atoms with van der Waals surface area (Å²) in [5, 5.41) is 9.38. The molecule has 1 aliphatic heterocycles. The van der Waals surface area contributed by atoms with Crippen molar-refractivity contribution in [3.8, 4) is 6.07 Å². The average molecular weight is 234 g/mol. The predicted molar refractivity (Wildman–Crippen MR) is 63.4 cm³/mol. The van der Waals surface area contributed by atoms with Gasteiger partial charge in [-0.1, -0.05) is 0 Å². The largest absolute Gasteiger partial charge is 0.379 e. The van der Waals surface area contributed by atoms with Crippen LogP contribution in [0.2, 0.25) is 0 Å². The predicted octanol–water partition coefficient (Wildman–Crippen LogP) is 1.36. The highest BCUT2D eigenvalue weighted by atomic mass is 16.5. The summed E-state index contributed by atoms with van der Waals surface area (Å²) in [6, 6.07) is 2.48. The van der Waals surface area contributed by atoms with Crippen molar-refractivity contribution >= 4 is 0 Å². The lowest BCUT2D eigenvalue weighted by atomic mass is 10.2. The summed E-state index contributed by atoms with van der Waals surface area (Å²) in [4.78, 5) is 6.31. The van der Waals surface area contributed by atoms with Gasteiger partial charge in [0.25, 0.3) is 0 Å². The molecule has 1 fully saturated rings. The van der Waals surface area contributed by atoms with Gasteiger partial charge in [0.05, 0.1) is 37.5 Å². The lowest BCUT2D eigenvalue weighted by molar-refractivity contribution is 0.0252. The highest BCUT2D eigenvalue weighted by molar-refractivity contribution is 5.15. The van der Waals surface area contributed by atoms with E-state index in [0.717, 1.165) is 18.8 Å². The summed E-state index contributed by atoms with van der Waals surface area (Å²) in [6.07, 6.45) is 3.59. The first-order valence-electron chi connectivity index (χ1n) is 5.97. The Morgan fingerprint density at radius 1 is 1.41 bits per heavy atom. The Labute approximate surface area is 102 Å². The van der Waals surface area contributed by atoms with E-state index < -0.39 is 0 Å². The maximum Gasteiger partial charge on any atom is 0.140 e. The zero-order chi connectivity index (χ0) is 12.3. The Morgan fingerprint density at radius 3 is 2.71 bits per heavy atom. The minimum absolute atomic E-state index is 0.219. The van der Waals surface area contributed by atoms with Crippen LogP contribution in [0.1, 0.15) is 31.6 Å². The number of aromatic nitrogens is 2. The van der Waals surface area contributed by atoms with Crippen molar-refractivity contribution in [3.05, 3.63) is 18.2 Å². The summed E-state index contributed by atoms with van der Waals surface area (Å²) in [6.45, 7) is 7.21. The Morgan fingerprint density at radius 2 is 2.12 bits per heavy atom. The fourth-order valence-electron chi connectivity index (χ4n) is 2.13. The quantitative estimate of drug-likeness (QED) is 0.792. The van der Waals surface area contributed by atoms with Gasteiger partial charge in [-0.05, 0) is 13.8 Å². The third kappa shape index (κ3) is 2.48. The van der Waals surface area contributed by atoms with Crippen molar-refractivity contribution < 1.29 is 4.74 Å². The molecule has 0 spiro atoms. The number of hydrogen-bond acceptors (Lipinski definition) is 4. The van der Waals surface area contributed by atoms with Gasteiger partial charge in [-0.3, -0.25) is 4.90 Å². The van der Waals surface area contributed by atoms with E-state index in [2.05, 4.69) is 34.4 Å². The summed E-state index contributed by atoms with van der Waals surface area (Å²) in [5.74, 6) is 0. The molecule has 2 rings (SSSR count). The molecule has 1 aromatic heterocycles. The second-order valence-corrected chi connectivity index (χ2v) is 4.50. The number of morpholine rings is 1. The lowest BCUT2D eigenvalue weighted by Crippen LogP contribution is -2.39. The van der Waals surface area contributed by atoms with Crippen LogP contribution in [-0.4, -0.2) is 40.8 Å². The van der Waals surface area contributed by atoms with Gasteiger partial charge in [0.15, 0.2) is 0 Å². The van der Waals surface area contributed by atoms with E-state index in [1.54, 1.807) is 12.5 Å². The van der Waals surface area contributed by atoms with Crippen molar-refractivity contribution in [2.45, 2.75) is 25.9 Å². The first-order valence-corrected chi connectivity index (χ1v) is 5.97. The third-order valence-corrected chi connectivity index (χ3v) is 3.07. The maximum absolute atomic E-state index is 9.38.